The lowest BCUT2D eigenvalue weighted by atomic mass is 10.1. The second-order valence-electron chi connectivity index (χ2n) is 4.49. The number of halogens is 1. The smallest absolute Gasteiger partial charge is 0.341 e. The molecule has 2 rings (SSSR count). The first-order chi connectivity index (χ1) is 10.6. The Morgan fingerprint density at radius 2 is 1.86 bits per heavy atom. The number of rotatable bonds is 6. The molecule has 1 amide bonds. The van der Waals surface area contributed by atoms with Crippen LogP contribution in [0, 0.1) is 0 Å². The maximum atomic E-state index is 12.2. The van der Waals surface area contributed by atoms with Gasteiger partial charge in [-0.15, -0.1) is 0 Å². The number of nitrogens with one attached hydrogen (secondary N) is 1. The molecule has 0 unspecified atom stereocenters. The summed E-state index contributed by atoms with van der Waals surface area (Å²) in [4.78, 5) is 22.8. The summed E-state index contributed by atoms with van der Waals surface area (Å²) >= 11 is 5.85. The van der Waals surface area contributed by atoms with Gasteiger partial charge in [0, 0.05) is 11.6 Å². The first-order valence-electron chi connectivity index (χ1n) is 6.52. The van der Waals surface area contributed by atoms with E-state index in [-0.39, 0.29) is 17.2 Å². The average molecular weight is 320 g/mol. The number of hydrogen-bond donors (Lipinski definition) is 2. The summed E-state index contributed by atoms with van der Waals surface area (Å²) < 4.78 is 5.11. The molecule has 0 fully saturated rings. The van der Waals surface area contributed by atoms with E-state index in [2.05, 4.69) is 5.32 Å². The third-order valence-corrected chi connectivity index (χ3v) is 3.07. The number of ether oxygens (including phenoxy) is 1. The summed E-state index contributed by atoms with van der Waals surface area (Å²) in [5.74, 6) is -1.35. The van der Waals surface area contributed by atoms with E-state index in [1.807, 2.05) is 30.3 Å². The van der Waals surface area contributed by atoms with Gasteiger partial charge in [-0.25, -0.2) is 4.79 Å². The molecule has 0 atom stereocenters. The third-order valence-electron chi connectivity index (χ3n) is 2.84. The molecule has 114 valence electrons. The Hall–Kier alpha value is -2.53. The van der Waals surface area contributed by atoms with Crippen molar-refractivity contribution in [2.45, 2.75) is 6.54 Å². The number of carbonyl (C=O) groups is 2. The van der Waals surface area contributed by atoms with Gasteiger partial charge in [0.05, 0.1) is 5.56 Å². The summed E-state index contributed by atoms with van der Waals surface area (Å²) in [6, 6.07) is 13.9. The normalized spacial score (nSPS) is 10.0. The van der Waals surface area contributed by atoms with E-state index in [1.54, 1.807) is 6.07 Å². The molecule has 2 N–H and O–H groups in total. The number of carboxylic acid groups (broad SMARTS) is 1. The molecule has 0 spiro atoms. The van der Waals surface area contributed by atoms with Crippen molar-refractivity contribution in [3.63, 3.8) is 0 Å². The summed E-state index contributed by atoms with van der Waals surface area (Å²) in [5, 5.41) is 11.8. The number of carboxylic acids is 1. The van der Waals surface area contributed by atoms with Crippen molar-refractivity contribution in [1.29, 1.82) is 0 Å². The maximum absolute atomic E-state index is 12.2. The van der Waals surface area contributed by atoms with Gasteiger partial charge in [-0.3, -0.25) is 4.79 Å². The molecule has 0 aliphatic carbocycles. The number of benzene rings is 2. The lowest BCUT2D eigenvalue weighted by Crippen LogP contribution is -2.24. The molecule has 5 nitrogen and oxygen atoms in total. The second kappa shape index (κ2) is 7.47. The van der Waals surface area contributed by atoms with Gasteiger partial charge in [0.1, 0.15) is 5.75 Å². The Kier molecular flexibility index (Phi) is 5.38. The topological polar surface area (TPSA) is 75.6 Å². The summed E-state index contributed by atoms with van der Waals surface area (Å²) in [6.45, 7) is -0.181. The van der Waals surface area contributed by atoms with E-state index < -0.39 is 12.6 Å². The minimum absolute atomic E-state index is 0.139. The van der Waals surface area contributed by atoms with Gasteiger partial charge in [-0.2, -0.15) is 0 Å². The monoisotopic (exact) mass is 319 g/mol. The second-order valence-corrected chi connectivity index (χ2v) is 4.93. The van der Waals surface area contributed by atoms with Crippen LogP contribution in [0.1, 0.15) is 15.9 Å². The summed E-state index contributed by atoms with van der Waals surface area (Å²) in [7, 11) is 0. The molecule has 2 aromatic rings. The Labute approximate surface area is 132 Å². The van der Waals surface area contributed by atoms with Crippen LogP contribution in [0.15, 0.2) is 48.5 Å². The molecule has 0 heterocycles. The van der Waals surface area contributed by atoms with E-state index >= 15 is 0 Å². The number of aliphatic carboxylic acids is 1. The Bertz CT molecular complexity index is 673. The van der Waals surface area contributed by atoms with Crippen LogP contribution in [-0.4, -0.2) is 23.6 Å². The highest BCUT2D eigenvalue weighted by Crippen LogP contribution is 2.23. The molecular weight excluding hydrogens is 306 g/mol. The molecule has 0 bridgehead atoms. The minimum Gasteiger partial charge on any atom is -0.481 e. The fourth-order valence-corrected chi connectivity index (χ4v) is 1.98. The van der Waals surface area contributed by atoms with Gasteiger partial charge >= 0.3 is 5.97 Å². The molecule has 6 heteroatoms. The van der Waals surface area contributed by atoms with Crippen LogP contribution in [0.5, 0.6) is 5.75 Å². The van der Waals surface area contributed by atoms with Crippen LogP contribution in [-0.2, 0) is 11.3 Å². The lowest BCUT2D eigenvalue weighted by Gasteiger charge is -2.11. The van der Waals surface area contributed by atoms with Crippen LogP contribution in [0.4, 0.5) is 0 Å². The lowest BCUT2D eigenvalue weighted by molar-refractivity contribution is -0.139. The van der Waals surface area contributed by atoms with Crippen molar-refractivity contribution in [2.75, 3.05) is 6.61 Å². The first-order valence-corrected chi connectivity index (χ1v) is 6.90. The predicted octanol–water partition coefficient (Wildman–Crippen LogP) is 2.73. The van der Waals surface area contributed by atoms with E-state index in [4.69, 9.17) is 21.4 Å². The third kappa shape index (κ3) is 4.49. The zero-order valence-corrected chi connectivity index (χ0v) is 12.3. The highest BCUT2D eigenvalue weighted by atomic mass is 35.5. The van der Waals surface area contributed by atoms with Crippen molar-refractivity contribution in [2.24, 2.45) is 0 Å². The van der Waals surface area contributed by atoms with Crippen molar-refractivity contribution in [3.8, 4) is 5.75 Å². The molecule has 0 saturated heterocycles. The molecule has 0 aromatic heterocycles. The van der Waals surface area contributed by atoms with Crippen LogP contribution in [0.2, 0.25) is 5.02 Å². The Morgan fingerprint density at radius 3 is 2.55 bits per heavy atom. The molecule has 0 aliphatic heterocycles. The molecular formula is C16H14ClNO4. The summed E-state index contributed by atoms with van der Waals surface area (Å²) in [5.41, 5.74) is 1.19. The zero-order valence-electron chi connectivity index (χ0n) is 11.6. The highest BCUT2D eigenvalue weighted by molar-refractivity contribution is 6.30. The molecule has 0 saturated carbocycles. The van der Waals surface area contributed by atoms with Crippen molar-refractivity contribution < 1.29 is 19.4 Å². The first kappa shape index (κ1) is 15.9. The van der Waals surface area contributed by atoms with E-state index in [0.29, 0.717) is 11.6 Å². The zero-order chi connectivity index (χ0) is 15.9. The Morgan fingerprint density at radius 1 is 1.14 bits per heavy atom. The Balaban J connectivity index is 2.09. The largest absolute Gasteiger partial charge is 0.481 e. The minimum atomic E-state index is -1.13. The number of carbonyl (C=O) groups excluding carboxylic acids is 1. The van der Waals surface area contributed by atoms with Gasteiger partial charge in [0.15, 0.2) is 6.61 Å². The molecule has 2 aromatic carbocycles. The van der Waals surface area contributed by atoms with E-state index in [9.17, 15) is 9.59 Å². The van der Waals surface area contributed by atoms with Gasteiger partial charge in [-0.05, 0) is 23.8 Å². The van der Waals surface area contributed by atoms with Crippen LogP contribution in [0.25, 0.3) is 0 Å². The van der Waals surface area contributed by atoms with Gasteiger partial charge in [0.2, 0.25) is 0 Å². The predicted molar refractivity (Wildman–Crippen MR) is 82.2 cm³/mol. The van der Waals surface area contributed by atoms with Gasteiger partial charge in [-0.1, -0.05) is 41.9 Å². The van der Waals surface area contributed by atoms with Crippen molar-refractivity contribution >= 4 is 23.5 Å². The molecule has 0 radical (unpaired) electrons. The van der Waals surface area contributed by atoms with E-state index in [0.717, 1.165) is 5.56 Å². The maximum Gasteiger partial charge on any atom is 0.341 e. The SMILES string of the molecule is O=C(O)COc1cc(Cl)ccc1C(=O)NCc1ccccc1. The quantitative estimate of drug-likeness (QED) is 0.858. The van der Waals surface area contributed by atoms with Crippen LogP contribution in [0.3, 0.4) is 0 Å². The van der Waals surface area contributed by atoms with Gasteiger partial charge < -0.3 is 15.2 Å². The van der Waals surface area contributed by atoms with Crippen LogP contribution < -0.4 is 10.1 Å². The fraction of sp³-hybridized carbons (Fsp3) is 0.125. The molecule has 22 heavy (non-hydrogen) atoms. The fourth-order valence-electron chi connectivity index (χ4n) is 1.82. The van der Waals surface area contributed by atoms with E-state index in [1.165, 1.54) is 12.1 Å². The number of amides is 1. The number of hydrogen-bond acceptors (Lipinski definition) is 3. The van der Waals surface area contributed by atoms with Crippen LogP contribution >= 0.6 is 11.6 Å². The molecule has 0 aliphatic rings. The van der Waals surface area contributed by atoms with Crippen molar-refractivity contribution in [1.82, 2.24) is 5.32 Å². The van der Waals surface area contributed by atoms with Crippen molar-refractivity contribution in [3.05, 3.63) is 64.7 Å². The standard InChI is InChI=1S/C16H14ClNO4/c17-12-6-7-13(14(8-12)22-10-15(19)20)16(21)18-9-11-4-2-1-3-5-11/h1-8H,9-10H2,(H,18,21)(H,19,20). The average Bonchev–Trinajstić information content (AvgIpc) is 2.51. The summed E-state index contributed by atoms with van der Waals surface area (Å²) in [6.07, 6.45) is 0. The highest BCUT2D eigenvalue weighted by Gasteiger charge is 2.14. The van der Waals surface area contributed by atoms with Gasteiger partial charge in [0.25, 0.3) is 5.91 Å².